The van der Waals surface area contributed by atoms with Crippen molar-refractivity contribution >= 4 is 25.8 Å². The molecule has 2 aromatic heterocycles. The molecule has 0 spiro atoms. The Hall–Kier alpha value is -3.46. The van der Waals surface area contributed by atoms with E-state index in [-0.39, 0.29) is 11.3 Å². The summed E-state index contributed by atoms with van der Waals surface area (Å²) in [5.74, 6) is 0. The van der Waals surface area contributed by atoms with Crippen LogP contribution in [0.25, 0.3) is 5.65 Å². The van der Waals surface area contributed by atoms with E-state index in [0.717, 1.165) is 17.6 Å². The van der Waals surface area contributed by atoms with Gasteiger partial charge in [0.15, 0.2) is 11.3 Å². The molecule has 42 heavy (non-hydrogen) atoms. The maximum atomic E-state index is 16.2. The third-order valence-corrected chi connectivity index (χ3v) is 7.07. The number of aryl methyl sites for hydroxylation is 1. The van der Waals surface area contributed by atoms with E-state index in [1.165, 1.54) is 6.33 Å². The average molecular weight is 619 g/mol. The molecule has 0 radical (unpaired) electrons. The molecule has 0 bridgehead atoms. The highest BCUT2D eigenvalue weighted by atomic mass is 31.2. The number of hydrogen-bond donors (Lipinski definition) is 1. The molecule has 232 valence electrons. The normalized spacial score (nSPS) is 24.1. The Balaban J connectivity index is 1.78. The highest BCUT2D eigenvalue weighted by Gasteiger charge is 2.67. The van der Waals surface area contributed by atoms with Crippen molar-refractivity contribution in [2.24, 2.45) is 0 Å². The third kappa shape index (κ3) is 7.12. The standard InChI is InChI=1S/C23H31FN5O12P/c1-13(2)39-20(31)34-11-37-42(33,38-12-35-21(32)40-14(3)4)36-8-16-18(30)22(6,24)23(9-25,41-16)17-7-26-19-15(5)27-10-28-29(17)19/h7,10,13-14,16,18,30H,8,11-12H2,1-6H3/t16-,18-,22-,23+/m1/s1. The minimum Gasteiger partial charge on any atom is -0.432 e. The molecule has 4 atom stereocenters. The fourth-order valence-corrected chi connectivity index (χ4v) is 4.69. The number of phosphoric acid groups is 1. The average Bonchev–Trinajstić information content (AvgIpc) is 3.41. The largest absolute Gasteiger partial charge is 0.510 e. The summed E-state index contributed by atoms with van der Waals surface area (Å²) in [7, 11) is -4.78. The first-order valence-electron chi connectivity index (χ1n) is 12.5. The van der Waals surface area contributed by atoms with E-state index in [2.05, 4.69) is 24.5 Å². The zero-order valence-electron chi connectivity index (χ0n) is 23.6. The monoisotopic (exact) mass is 619 g/mol. The second-order valence-electron chi connectivity index (χ2n) is 9.55. The highest BCUT2D eigenvalue weighted by Crippen LogP contribution is 2.53. The van der Waals surface area contributed by atoms with Crippen LogP contribution in [0.2, 0.25) is 0 Å². The van der Waals surface area contributed by atoms with Crippen LogP contribution in [0, 0.1) is 18.3 Å². The molecule has 0 saturated carbocycles. The summed E-state index contributed by atoms with van der Waals surface area (Å²) in [5.41, 5.74) is -4.74. The molecule has 17 nitrogen and oxygen atoms in total. The third-order valence-electron chi connectivity index (χ3n) is 5.76. The van der Waals surface area contributed by atoms with Gasteiger partial charge >= 0.3 is 20.1 Å². The summed E-state index contributed by atoms with van der Waals surface area (Å²) in [6.07, 6.45) is -4.71. The van der Waals surface area contributed by atoms with Gasteiger partial charge in [-0.1, -0.05) is 0 Å². The van der Waals surface area contributed by atoms with Crippen molar-refractivity contribution < 1.29 is 60.9 Å². The molecule has 19 heteroatoms. The number of alkyl halides is 1. The van der Waals surface area contributed by atoms with Crippen LogP contribution < -0.4 is 0 Å². The summed E-state index contributed by atoms with van der Waals surface area (Å²) < 4.78 is 70.2. The van der Waals surface area contributed by atoms with Crippen molar-refractivity contribution in [2.45, 2.75) is 77.2 Å². The van der Waals surface area contributed by atoms with Crippen LogP contribution >= 0.6 is 7.82 Å². The number of aliphatic hydroxyl groups is 1. The SMILES string of the molecule is Cc1ncnn2c([C@]3(C#N)O[C@H](COP(=O)(OCOC(=O)OC(C)C)OCOC(=O)OC(C)C)[C@@H](O)[C@@]3(C)F)cnc12. The lowest BCUT2D eigenvalue weighted by atomic mass is 9.82. The molecule has 0 aliphatic carbocycles. The first kappa shape index (κ1) is 33.0. The second-order valence-corrected chi connectivity index (χ2v) is 11.2. The predicted molar refractivity (Wildman–Crippen MR) is 134 cm³/mol. The fraction of sp³-hybridized carbons (Fsp3) is 0.652. The van der Waals surface area contributed by atoms with Crippen LogP contribution in [-0.2, 0) is 47.4 Å². The number of hydrogen-bond acceptors (Lipinski definition) is 16. The Morgan fingerprint density at radius 3 is 2.24 bits per heavy atom. The number of aromatic nitrogens is 4. The fourth-order valence-electron chi connectivity index (χ4n) is 3.77. The summed E-state index contributed by atoms with van der Waals surface area (Å²) in [6.45, 7) is 5.90. The Labute approximate surface area is 239 Å². The van der Waals surface area contributed by atoms with Gasteiger partial charge in [0, 0.05) is 0 Å². The lowest BCUT2D eigenvalue weighted by Crippen LogP contribution is -2.48. The van der Waals surface area contributed by atoms with Crippen molar-refractivity contribution in [1.29, 1.82) is 5.26 Å². The molecule has 3 heterocycles. The number of halogens is 1. The molecule has 1 saturated heterocycles. The number of imidazole rings is 1. The number of phosphoric ester groups is 1. The molecule has 0 amide bonds. The van der Waals surface area contributed by atoms with Crippen molar-refractivity contribution in [3.8, 4) is 6.07 Å². The van der Waals surface area contributed by atoms with Gasteiger partial charge < -0.3 is 28.8 Å². The zero-order valence-corrected chi connectivity index (χ0v) is 24.5. The quantitative estimate of drug-likeness (QED) is 0.205. The number of carbonyl (C=O) groups excluding carboxylic acids is 2. The predicted octanol–water partition coefficient (Wildman–Crippen LogP) is 2.84. The van der Waals surface area contributed by atoms with Gasteiger partial charge in [0.1, 0.15) is 30.3 Å². The van der Waals surface area contributed by atoms with Crippen molar-refractivity contribution in [3.05, 3.63) is 23.9 Å². The topological polar surface area (TPSA) is 212 Å². The van der Waals surface area contributed by atoms with Gasteiger partial charge in [-0.3, -0.25) is 4.52 Å². The highest BCUT2D eigenvalue weighted by molar-refractivity contribution is 7.48. The summed E-state index contributed by atoms with van der Waals surface area (Å²) >= 11 is 0. The lowest BCUT2D eigenvalue weighted by molar-refractivity contribution is -0.0792. The van der Waals surface area contributed by atoms with Crippen molar-refractivity contribution in [1.82, 2.24) is 19.6 Å². The van der Waals surface area contributed by atoms with E-state index >= 15 is 4.39 Å². The first-order valence-corrected chi connectivity index (χ1v) is 13.9. The lowest BCUT2D eigenvalue weighted by Gasteiger charge is -2.30. The van der Waals surface area contributed by atoms with E-state index in [4.69, 9.17) is 27.8 Å². The molecular weight excluding hydrogens is 588 g/mol. The van der Waals surface area contributed by atoms with E-state index < -0.39 is 76.0 Å². The molecule has 3 rings (SSSR count). The Morgan fingerprint density at radius 2 is 1.71 bits per heavy atom. The van der Waals surface area contributed by atoms with E-state index in [1.807, 2.05) is 0 Å². The number of rotatable bonds is 12. The number of aliphatic hydroxyl groups excluding tert-OH is 1. The molecular formula is C23H31FN5O12P. The van der Waals surface area contributed by atoms with Crippen LogP contribution in [0.3, 0.4) is 0 Å². The number of fused-ring (bicyclic) bond motifs is 1. The molecule has 1 N–H and O–H groups in total. The number of nitriles is 1. The molecule has 1 aliphatic heterocycles. The smallest absolute Gasteiger partial charge is 0.432 e. The van der Waals surface area contributed by atoms with E-state index in [0.29, 0.717) is 5.69 Å². The Morgan fingerprint density at radius 1 is 1.14 bits per heavy atom. The summed E-state index contributed by atoms with van der Waals surface area (Å²) in [4.78, 5) is 31.4. The van der Waals surface area contributed by atoms with Crippen molar-refractivity contribution in [3.63, 3.8) is 0 Å². The molecule has 2 aromatic rings. The van der Waals surface area contributed by atoms with Crippen molar-refractivity contribution in [2.75, 3.05) is 20.2 Å². The molecule has 0 aromatic carbocycles. The van der Waals surface area contributed by atoms with Crippen LogP contribution in [0.15, 0.2) is 12.5 Å². The van der Waals surface area contributed by atoms with Gasteiger partial charge in [0.25, 0.3) is 0 Å². The Kier molecular flexibility index (Phi) is 10.4. The molecule has 1 fully saturated rings. The molecule has 0 unspecified atom stereocenters. The second kappa shape index (κ2) is 13.2. The van der Waals surface area contributed by atoms with Crippen LogP contribution in [-0.4, -0.2) is 87.3 Å². The number of nitrogens with zero attached hydrogens (tertiary/aromatic N) is 5. The zero-order chi connectivity index (χ0) is 31.3. The van der Waals surface area contributed by atoms with Crippen LogP contribution in [0.1, 0.15) is 46.0 Å². The summed E-state index contributed by atoms with van der Waals surface area (Å²) in [5, 5.41) is 25.0. The van der Waals surface area contributed by atoms with E-state index in [9.17, 15) is 24.5 Å². The number of ether oxygens (including phenoxy) is 5. The van der Waals surface area contributed by atoms with Gasteiger partial charge in [-0.25, -0.2) is 42.1 Å². The Bertz CT molecular complexity index is 1330. The van der Waals surface area contributed by atoms with Crippen LogP contribution in [0.4, 0.5) is 14.0 Å². The summed E-state index contributed by atoms with van der Waals surface area (Å²) in [6, 6.07) is 1.76. The van der Waals surface area contributed by atoms with Gasteiger partial charge in [0.2, 0.25) is 19.2 Å². The minimum atomic E-state index is -4.78. The molecule has 1 aliphatic rings. The van der Waals surface area contributed by atoms with Gasteiger partial charge in [-0.2, -0.15) is 10.4 Å². The van der Waals surface area contributed by atoms with Crippen LogP contribution in [0.5, 0.6) is 0 Å². The number of carbonyl (C=O) groups is 2. The maximum absolute atomic E-state index is 16.2. The van der Waals surface area contributed by atoms with Gasteiger partial charge in [-0.15, -0.1) is 0 Å². The first-order chi connectivity index (χ1) is 19.7. The van der Waals surface area contributed by atoms with Gasteiger partial charge in [0.05, 0.1) is 30.7 Å². The minimum absolute atomic E-state index is 0.151. The maximum Gasteiger partial charge on any atom is 0.510 e. The van der Waals surface area contributed by atoms with Gasteiger partial charge in [-0.05, 0) is 41.5 Å². The van der Waals surface area contributed by atoms with E-state index in [1.54, 1.807) is 40.7 Å².